The van der Waals surface area contributed by atoms with Gasteiger partial charge in [-0.2, -0.15) is 0 Å². The minimum absolute atomic E-state index is 0.0112. The second-order valence-corrected chi connectivity index (χ2v) is 5.30. The number of nitrogens with two attached hydrogens (primary N) is 1. The van der Waals surface area contributed by atoms with Crippen LogP contribution in [-0.2, 0) is 9.59 Å². The lowest BCUT2D eigenvalue weighted by Gasteiger charge is -2.24. The first-order chi connectivity index (χ1) is 8.21. The van der Waals surface area contributed by atoms with E-state index in [1.165, 1.54) is 4.90 Å². The molecule has 0 saturated heterocycles. The molecule has 0 aromatic rings. The van der Waals surface area contributed by atoms with Gasteiger partial charge < -0.3 is 15.5 Å². The maximum atomic E-state index is 11.8. The highest BCUT2D eigenvalue weighted by Gasteiger charge is 2.19. The number of rotatable bonds is 7. The second-order valence-electron chi connectivity index (χ2n) is 5.30. The van der Waals surface area contributed by atoms with Gasteiger partial charge in [0.15, 0.2) is 0 Å². The zero-order chi connectivity index (χ0) is 14.3. The molecule has 0 unspecified atom stereocenters. The Kier molecular flexibility index (Phi) is 6.91. The van der Waals surface area contributed by atoms with Crippen molar-refractivity contribution in [2.45, 2.75) is 46.1 Å². The Balaban J connectivity index is 4.19. The third kappa shape index (κ3) is 6.59. The molecule has 0 aromatic carbocycles. The summed E-state index contributed by atoms with van der Waals surface area (Å²) in [6.45, 7) is 9.13. The fourth-order valence-electron chi connectivity index (χ4n) is 1.59. The number of amides is 2. The van der Waals surface area contributed by atoms with Crippen LogP contribution in [0, 0.1) is 0 Å². The SMILES string of the molecule is CCN(CC)C(=O)CN(C)C(=O)CCC(C)(C)N. The van der Waals surface area contributed by atoms with Gasteiger partial charge in [-0.25, -0.2) is 0 Å². The maximum absolute atomic E-state index is 11.8. The molecule has 5 nitrogen and oxygen atoms in total. The predicted molar refractivity (Wildman–Crippen MR) is 73.1 cm³/mol. The molecule has 2 N–H and O–H groups in total. The number of hydrogen-bond donors (Lipinski definition) is 1. The average molecular weight is 257 g/mol. The first-order valence-electron chi connectivity index (χ1n) is 6.51. The van der Waals surface area contributed by atoms with Gasteiger partial charge in [0.25, 0.3) is 0 Å². The molecule has 0 saturated carbocycles. The van der Waals surface area contributed by atoms with Gasteiger partial charge in [-0.15, -0.1) is 0 Å². The highest BCUT2D eigenvalue weighted by atomic mass is 16.2. The molecule has 106 valence electrons. The quantitative estimate of drug-likeness (QED) is 0.734. The van der Waals surface area contributed by atoms with E-state index in [0.717, 1.165) is 0 Å². The summed E-state index contributed by atoms with van der Waals surface area (Å²) in [7, 11) is 1.66. The molecule has 0 atom stereocenters. The van der Waals surface area contributed by atoms with E-state index >= 15 is 0 Å². The number of likely N-dealkylation sites (N-methyl/N-ethyl adjacent to an activating group) is 2. The number of nitrogens with zero attached hydrogens (tertiary/aromatic N) is 2. The third-order valence-electron chi connectivity index (χ3n) is 2.90. The van der Waals surface area contributed by atoms with E-state index in [1.807, 2.05) is 27.7 Å². The highest BCUT2D eigenvalue weighted by molar-refractivity contribution is 5.84. The average Bonchev–Trinajstić information content (AvgIpc) is 2.26. The Hall–Kier alpha value is -1.10. The van der Waals surface area contributed by atoms with Crippen LogP contribution >= 0.6 is 0 Å². The van der Waals surface area contributed by atoms with Crippen LogP contribution in [0.4, 0.5) is 0 Å². The summed E-state index contributed by atoms with van der Waals surface area (Å²) >= 11 is 0. The van der Waals surface area contributed by atoms with Crippen molar-refractivity contribution >= 4 is 11.8 Å². The molecule has 0 heterocycles. The molecule has 2 amide bonds. The molecule has 0 bridgehead atoms. The van der Waals surface area contributed by atoms with E-state index in [0.29, 0.717) is 25.9 Å². The molecule has 0 aliphatic heterocycles. The summed E-state index contributed by atoms with van der Waals surface area (Å²) in [4.78, 5) is 26.9. The number of hydrogen-bond acceptors (Lipinski definition) is 3. The first-order valence-corrected chi connectivity index (χ1v) is 6.51. The predicted octanol–water partition coefficient (Wildman–Crippen LogP) is 0.831. The second kappa shape index (κ2) is 7.36. The standard InChI is InChI=1S/C13H27N3O2/c1-6-16(7-2)12(18)10-15(5)11(17)8-9-13(3,4)14/h6-10,14H2,1-5H3. The Morgan fingerprint density at radius 2 is 1.61 bits per heavy atom. The highest BCUT2D eigenvalue weighted by Crippen LogP contribution is 2.08. The van der Waals surface area contributed by atoms with Crippen LogP contribution in [0.5, 0.6) is 0 Å². The van der Waals surface area contributed by atoms with Crippen LogP contribution in [0.15, 0.2) is 0 Å². The van der Waals surface area contributed by atoms with Crippen LogP contribution in [-0.4, -0.2) is 53.8 Å². The molecule has 0 aliphatic rings. The molecule has 5 heteroatoms. The smallest absolute Gasteiger partial charge is 0.242 e. The van der Waals surface area contributed by atoms with Crippen molar-refractivity contribution in [2.24, 2.45) is 5.73 Å². The minimum atomic E-state index is -0.348. The topological polar surface area (TPSA) is 66.6 Å². The Labute approximate surface area is 110 Å². The van der Waals surface area contributed by atoms with Crippen molar-refractivity contribution < 1.29 is 9.59 Å². The van der Waals surface area contributed by atoms with Crippen molar-refractivity contribution in [3.05, 3.63) is 0 Å². The van der Waals surface area contributed by atoms with Gasteiger partial charge in [-0.05, 0) is 34.1 Å². The summed E-state index contributed by atoms with van der Waals surface area (Å²) in [6.07, 6.45) is 1.00. The third-order valence-corrected chi connectivity index (χ3v) is 2.90. The van der Waals surface area contributed by atoms with Gasteiger partial charge in [0, 0.05) is 32.1 Å². The van der Waals surface area contributed by atoms with Crippen LogP contribution in [0.3, 0.4) is 0 Å². The van der Waals surface area contributed by atoms with Crippen LogP contribution in [0.2, 0.25) is 0 Å². The zero-order valence-electron chi connectivity index (χ0n) is 12.3. The van der Waals surface area contributed by atoms with Crippen LogP contribution in [0.1, 0.15) is 40.5 Å². The van der Waals surface area contributed by atoms with Gasteiger partial charge >= 0.3 is 0 Å². The van der Waals surface area contributed by atoms with Gasteiger partial charge in [0.2, 0.25) is 11.8 Å². The molecule has 18 heavy (non-hydrogen) atoms. The fourth-order valence-corrected chi connectivity index (χ4v) is 1.59. The van der Waals surface area contributed by atoms with Gasteiger partial charge in [-0.1, -0.05) is 0 Å². The Morgan fingerprint density at radius 3 is 2.00 bits per heavy atom. The molecular weight excluding hydrogens is 230 g/mol. The minimum Gasteiger partial charge on any atom is -0.342 e. The van der Waals surface area contributed by atoms with Crippen molar-refractivity contribution in [2.75, 3.05) is 26.7 Å². The van der Waals surface area contributed by atoms with E-state index in [4.69, 9.17) is 5.73 Å². The lowest BCUT2D eigenvalue weighted by Crippen LogP contribution is -2.41. The first kappa shape index (κ1) is 16.9. The maximum Gasteiger partial charge on any atom is 0.242 e. The molecule has 0 aliphatic carbocycles. The summed E-state index contributed by atoms with van der Waals surface area (Å²) < 4.78 is 0. The summed E-state index contributed by atoms with van der Waals surface area (Å²) in [5.41, 5.74) is 5.48. The molecule has 0 rings (SSSR count). The monoisotopic (exact) mass is 257 g/mol. The molecule has 0 aromatic heterocycles. The zero-order valence-corrected chi connectivity index (χ0v) is 12.3. The Morgan fingerprint density at radius 1 is 1.11 bits per heavy atom. The molecule has 0 spiro atoms. The Bertz CT molecular complexity index is 280. The van der Waals surface area contributed by atoms with Gasteiger partial charge in [0.1, 0.15) is 0 Å². The van der Waals surface area contributed by atoms with E-state index in [2.05, 4.69) is 0 Å². The summed E-state index contributed by atoms with van der Waals surface area (Å²) in [5, 5.41) is 0. The molecule has 0 fully saturated rings. The van der Waals surface area contributed by atoms with Crippen molar-refractivity contribution in [3.8, 4) is 0 Å². The van der Waals surface area contributed by atoms with Gasteiger partial charge in [0.05, 0.1) is 6.54 Å². The lowest BCUT2D eigenvalue weighted by atomic mass is 10.00. The van der Waals surface area contributed by atoms with Crippen molar-refractivity contribution in [3.63, 3.8) is 0 Å². The summed E-state index contributed by atoms with van der Waals surface area (Å²) in [5.74, 6) is -0.0445. The normalized spacial score (nSPS) is 11.2. The number of carbonyl (C=O) groups excluding carboxylic acids is 2. The lowest BCUT2D eigenvalue weighted by molar-refractivity contribution is -0.139. The summed E-state index contributed by atoms with van der Waals surface area (Å²) in [6, 6.07) is 0. The van der Waals surface area contributed by atoms with E-state index in [1.54, 1.807) is 11.9 Å². The number of carbonyl (C=O) groups is 2. The fraction of sp³-hybridized carbons (Fsp3) is 0.846. The van der Waals surface area contributed by atoms with Crippen molar-refractivity contribution in [1.82, 2.24) is 9.80 Å². The van der Waals surface area contributed by atoms with E-state index in [-0.39, 0.29) is 23.9 Å². The van der Waals surface area contributed by atoms with Gasteiger partial charge in [-0.3, -0.25) is 9.59 Å². The van der Waals surface area contributed by atoms with E-state index in [9.17, 15) is 9.59 Å². The molecule has 0 radical (unpaired) electrons. The van der Waals surface area contributed by atoms with Crippen LogP contribution < -0.4 is 5.73 Å². The largest absolute Gasteiger partial charge is 0.342 e. The molecular formula is C13H27N3O2. The van der Waals surface area contributed by atoms with Crippen LogP contribution in [0.25, 0.3) is 0 Å². The van der Waals surface area contributed by atoms with E-state index < -0.39 is 0 Å². The van der Waals surface area contributed by atoms with Crippen molar-refractivity contribution in [1.29, 1.82) is 0 Å².